The topological polar surface area (TPSA) is 70.6 Å². The summed E-state index contributed by atoms with van der Waals surface area (Å²) in [5.74, 6) is -0.881. The van der Waals surface area contributed by atoms with Crippen molar-refractivity contribution in [1.29, 1.82) is 0 Å². The fourth-order valence-electron chi connectivity index (χ4n) is 3.76. The van der Waals surface area contributed by atoms with Gasteiger partial charge in [0.15, 0.2) is 0 Å². The largest absolute Gasteiger partial charge is 0.325 e. The minimum absolute atomic E-state index is 0.0342. The van der Waals surface area contributed by atoms with Crippen molar-refractivity contribution in [2.75, 3.05) is 4.90 Å². The van der Waals surface area contributed by atoms with E-state index in [1.807, 2.05) is 55.5 Å². The van der Waals surface area contributed by atoms with E-state index in [1.54, 1.807) is 30.6 Å². The van der Waals surface area contributed by atoms with Gasteiger partial charge in [-0.25, -0.2) is 4.90 Å². The van der Waals surface area contributed by atoms with Crippen molar-refractivity contribution in [3.63, 3.8) is 0 Å². The smallest absolute Gasteiger partial charge is 0.257 e. The van der Waals surface area contributed by atoms with Crippen LogP contribution in [0, 0.1) is 6.92 Å². The number of pyridine rings is 1. The summed E-state index contributed by atoms with van der Waals surface area (Å²) in [6.07, 6.45) is 3.45. The van der Waals surface area contributed by atoms with Crippen LogP contribution in [0.25, 0.3) is 0 Å². The van der Waals surface area contributed by atoms with Crippen molar-refractivity contribution >= 4 is 23.4 Å². The average Bonchev–Trinajstić information content (AvgIpc) is 3.08. The van der Waals surface area contributed by atoms with Crippen molar-refractivity contribution in [1.82, 2.24) is 9.88 Å². The molecule has 1 aliphatic rings. The van der Waals surface area contributed by atoms with Crippen LogP contribution >= 0.6 is 0 Å². The van der Waals surface area contributed by atoms with Crippen LogP contribution in [-0.2, 0) is 27.3 Å². The van der Waals surface area contributed by atoms with E-state index < -0.39 is 6.04 Å². The van der Waals surface area contributed by atoms with Gasteiger partial charge in [0.2, 0.25) is 11.8 Å². The molecule has 1 aromatic heterocycles. The number of hydrogen-bond donors (Lipinski definition) is 0. The third-order valence-electron chi connectivity index (χ3n) is 5.39. The maximum atomic E-state index is 13.3. The highest BCUT2D eigenvalue weighted by atomic mass is 16.2. The van der Waals surface area contributed by atoms with Crippen molar-refractivity contribution < 1.29 is 14.4 Å². The predicted molar refractivity (Wildman–Crippen MR) is 117 cm³/mol. The van der Waals surface area contributed by atoms with Gasteiger partial charge in [0, 0.05) is 18.9 Å². The first-order valence-electron chi connectivity index (χ1n) is 10.2. The number of rotatable bonds is 6. The number of aromatic nitrogens is 1. The fraction of sp³-hybridized carbons (Fsp3) is 0.200. The standard InChI is InChI=1S/C25H23N3O3/c1-18-9-11-21(12-10-18)28-24(30)15-22(25(28)31)27(17-20-8-5-13-26-16-20)23(29)14-19-6-3-2-4-7-19/h2-13,16,22H,14-15,17H2,1H3. The van der Waals surface area contributed by atoms with Crippen LogP contribution < -0.4 is 4.90 Å². The molecule has 1 aliphatic heterocycles. The molecule has 6 nitrogen and oxygen atoms in total. The number of amides is 3. The summed E-state index contributed by atoms with van der Waals surface area (Å²) in [6, 6.07) is 19.4. The van der Waals surface area contributed by atoms with Crippen LogP contribution in [0.1, 0.15) is 23.1 Å². The van der Waals surface area contributed by atoms with E-state index in [4.69, 9.17) is 0 Å². The zero-order chi connectivity index (χ0) is 21.8. The quantitative estimate of drug-likeness (QED) is 0.582. The molecule has 6 heteroatoms. The molecule has 0 saturated carbocycles. The number of carbonyl (C=O) groups excluding carboxylic acids is 3. The molecule has 156 valence electrons. The lowest BCUT2D eigenvalue weighted by Gasteiger charge is -2.28. The molecule has 1 atom stereocenters. The number of benzene rings is 2. The van der Waals surface area contributed by atoms with E-state index in [0.29, 0.717) is 5.69 Å². The molecule has 1 fully saturated rings. The maximum Gasteiger partial charge on any atom is 0.257 e. The molecule has 0 radical (unpaired) electrons. The third kappa shape index (κ3) is 4.53. The molecule has 1 unspecified atom stereocenters. The van der Waals surface area contributed by atoms with Crippen LogP contribution in [-0.4, -0.2) is 33.6 Å². The number of carbonyl (C=O) groups is 3. The predicted octanol–water partition coefficient (Wildman–Crippen LogP) is 3.29. The minimum Gasteiger partial charge on any atom is -0.325 e. The summed E-state index contributed by atoms with van der Waals surface area (Å²) < 4.78 is 0. The number of hydrogen-bond acceptors (Lipinski definition) is 4. The fourth-order valence-corrected chi connectivity index (χ4v) is 3.76. The molecule has 1 saturated heterocycles. The summed E-state index contributed by atoms with van der Waals surface area (Å²) in [7, 11) is 0. The van der Waals surface area contributed by atoms with Gasteiger partial charge in [-0.1, -0.05) is 54.1 Å². The highest BCUT2D eigenvalue weighted by Crippen LogP contribution is 2.27. The summed E-state index contributed by atoms with van der Waals surface area (Å²) in [5.41, 5.74) is 3.23. The van der Waals surface area contributed by atoms with Gasteiger partial charge in [-0.15, -0.1) is 0 Å². The summed E-state index contributed by atoms with van der Waals surface area (Å²) in [4.78, 5) is 46.1. The average molecular weight is 413 g/mol. The zero-order valence-electron chi connectivity index (χ0n) is 17.3. The first-order valence-corrected chi connectivity index (χ1v) is 10.2. The Hall–Kier alpha value is -3.80. The molecule has 0 bridgehead atoms. The molecule has 3 aromatic rings. The van der Waals surface area contributed by atoms with Crippen LogP contribution in [0.15, 0.2) is 79.1 Å². The summed E-state index contributed by atoms with van der Waals surface area (Å²) >= 11 is 0. The van der Waals surface area contributed by atoms with Crippen molar-refractivity contribution in [2.45, 2.75) is 32.4 Å². The molecule has 0 spiro atoms. The van der Waals surface area contributed by atoms with Crippen LogP contribution in [0.2, 0.25) is 0 Å². The Morgan fingerprint density at radius 1 is 1.00 bits per heavy atom. The maximum absolute atomic E-state index is 13.3. The number of imide groups is 1. The van der Waals surface area contributed by atoms with Crippen LogP contribution in [0.3, 0.4) is 0 Å². The Morgan fingerprint density at radius 2 is 1.71 bits per heavy atom. The van der Waals surface area contributed by atoms with E-state index in [-0.39, 0.29) is 37.1 Å². The summed E-state index contributed by atoms with van der Waals surface area (Å²) in [5, 5.41) is 0. The second kappa shape index (κ2) is 8.92. The Kier molecular flexibility index (Phi) is 5.89. The first kappa shape index (κ1) is 20.5. The Labute approximate surface area is 181 Å². The number of anilines is 1. The van der Waals surface area contributed by atoms with Gasteiger partial charge in [-0.3, -0.25) is 19.4 Å². The molecule has 3 amide bonds. The Bertz CT molecular complexity index is 1080. The van der Waals surface area contributed by atoms with E-state index in [1.165, 1.54) is 9.80 Å². The molecule has 2 aromatic carbocycles. The minimum atomic E-state index is -0.842. The Morgan fingerprint density at radius 3 is 2.39 bits per heavy atom. The second-order valence-corrected chi connectivity index (χ2v) is 7.67. The molecule has 0 N–H and O–H groups in total. The zero-order valence-corrected chi connectivity index (χ0v) is 17.3. The van der Waals surface area contributed by atoms with Gasteiger partial charge in [0.25, 0.3) is 5.91 Å². The third-order valence-corrected chi connectivity index (χ3v) is 5.39. The van der Waals surface area contributed by atoms with Gasteiger partial charge < -0.3 is 4.90 Å². The van der Waals surface area contributed by atoms with Gasteiger partial charge in [0.1, 0.15) is 6.04 Å². The number of nitrogens with zero attached hydrogens (tertiary/aromatic N) is 3. The summed E-state index contributed by atoms with van der Waals surface area (Å²) in [6.45, 7) is 2.16. The van der Waals surface area contributed by atoms with Crippen LogP contribution in [0.5, 0.6) is 0 Å². The molecule has 4 rings (SSSR count). The molecule has 0 aliphatic carbocycles. The normalized spacial score (nSPS) is 15.9. The lowest BCUT2D eigenvalue weighted by Crippen LogP contribution is -2.45. The lowest BCUT2D eigenvalue weighted by atomic mass is 10.1. The molecule has 2 heterocycles. The Balaban J connectivity index is 1.62. The van der Waals surface area contributed by atoms with Gasteiger partial charge in [-0.05, 0) is 36.2 Å². The second-order valence-electron chi connectivity index (χ2n) is 7.67. The van der Waals surface area contributed by atoms with Gasteiger partial charge in [0.05, 0.1) is 18.5 Å². The van der Waals surface area contributed by atoms with E-state index in [9.17, 15) is 14.4 Å². The molecular weight excluding hydrogens is 390 g/mol. The van der Waals surface area contributed by atoms with Crippen molar-refractivity contribution in [3.05, 3.63) is 95.8 Å². The van der Waals surface area contributed by atoms with E-state index >= 15 is 0 Å². The van der Waals surface area contributed by atoms with E-state index in [2.05, 4.69) is 4.98 Å². The highest BCUT2D eigenvalue weighted by Gasteiger charge is 2.44. The lowest BCUT2D eigenvalue weighted by molar-refractivity contribution is -0.138. The highest BCUT2D eigenvalue weighted by molar-refractivity contribution is 6.23. The first-order chi connectivity index (χ1) is 15.0. The monoisotopic (exact) mass is 413 g/mol. The van der Waals surface area contributed by atoms with Crippen LogP contribution in [0.4, 0.5) is 5.69 Å². The molecule has 31 heavy (non-hydrogen) atoms. The number of aryl methyl sites for hydroxylation is 1. The van der Waals surface area contributed by atoms with Gasteiger partial charge >= 0.3 is 0 Å². The van der Waals surface area contributed by atoms with Crippen molar-refractivity contribution in [2.24, 2.45) is 0 Å². The SMILES string of the molecule is Cc1ccc(N2C(=O)CC(N(Cc3cccnc3)C(=O)Cc3ccccc3)C2=O)cc1. The van der Waals surface area contributed by atoms with Crippen molar-refractivity contribution in [3.8, 4) is 0 Å². The van der Waals surface area contributed by atoms with Gasteiger partial charge in [-0.2, -0.15) is 0 Å². The molecular formula is C25H23N3O3. The van der Waals surface area contributed by atoms with E-state index in [0.717, 1.165) is 16.7 Å².